The average molecular weight is 551 g/mol. The quantitative estimate of drug-likeness (QED) is 0.199. The van der Waals surface area contributed by atoms with Gasteiger partial charge in [-0.25, -0.2) is 0 Å². The molecule has 8 aromatic carbocycles. The molecule has 0 fully saturated rings. The van der Waals surface area contributed by atoms with Gasteiger partial charge in [0.05, 0.1) is 5.48 Å². The first-order chi connectivity index (χ1) is 23.0. The highest BCUT2D eigenvalue weighted by Crippen LogP contribution is 2.45. The summed E-state index contributed by atoms with van der Waals surface area (Å²) in [5, 5.41) is 7.31. The van der Waals surface area contributed by atoms with E-state index in [4.69, 9.17) is 9.90 Å². The zero-order valence-corrected chi connectivity index (χ0v) is 23.1. The third-order valence-electron chi connectivity index (χ3n) is 8.57. The molecule has 0 spiro atoms. The van der Waals surface area contributed by atoms with Gasteiger partial charge in [-0.05, 0) is 90.0 Å². The Labute approximate surface area is 254 Å². The maximum atomic E-state index is 8.54. The summed E-state index contributed by atoms with van der Waals surface area (Å²) in [6, 6.07) is 45.7. The fourth-order valence-electron chi connectivity index (χ4n) is 6.59. The van der Waals surface area contributed by atoms with Crippen molar-refractivity contribution in [1.29, 1.82) is 0 Å². The molecule has 0 aliphatic heterocycles. The predicted octanol–water partition coefficient (Wildman–Crippen LogP) is 12.0. The van der Waals surface area contributed by atoms with E-state index in [-0.39, 0.29) is 24.2 Å². The normalized spacial score (nSPS) is 13.0. The van der Waals surface area contributed by atoms with E-state index in [0.29, 0.717) is 21.9 Å². The molecular weight excluding hydrogens is 520 g/mol. The minimum absolute atomic E-state index is 0.0437. The van der Waals surface area contributed by atoms with Gasteiger partial charge < -0.3 is 4.42 Å². The summed E-state index contributed by atoms with van der Waals surface area (Å²) < 4.78 is 39.6. The van der Waals surface area contributed by atoms with Crippen molar-refractivity contribution in [2.24, 2.45) is 0 Å². The molecular formula is C42H26O. The van der Waals surface area contributed by atoms with Crippen LogP contribution in [0, 0.1) is 0 Å². The summed E-state index contributed by atoms with van der Waals surface area (Å²) in [4.78, 5) is 0. The Balaban J connectivity index is 1.29. The van der Waals surface area contributed by atoms with Crippen LogP contribution in [0.15, 0.2) is 162 Å². The van der Waals surface area contributed by atoms with Crippen molar-refractivity contribution >= 4 is 54.3 Å². The fraction of sp³-hybridized carbons (Fsp3) is 0. The Kier molecular flexibility index (Phi) is 4.45. The zero-order chi connectivity index (χ0) is 31.8. The molecule has 200 valence electrons. The molecule has 1 aromatic heterocycles. The van der Waals surface area contributed by atoms with E-state index in [1.165, 1.54) is 27.5 Å². The Morgan fingerprint density at radius 2 is 0.860 bits per heavy atom. The molecule has 0 bridgehead atoms. The lowest BCUT2D eigenvalue weighted by atomic mass is 9.85. The van der Waals surface area contributed by atoms with Crippen LogP contribution in [-0.2, 0) is 0 Å². The van der Waals surface area contributed by atoms with Gasteiger partial charge in [0, 0.05) is 10.8 Å². The molecule has 0 amide bonds. The molecule has 0 aliphatic rings. The van der Waals surface area contributed by atoms with Gasteiger partial charge in [0.2, 0.25) is 0 Å². The second-order valence-electron chi connectivity index (χ2n) is 11.0. The van der Waals surface area contributed by atoms with Gasteiger partial charge in [0.25, 0.3) is 0 Å². The molecule has 0 atom stereocenters. The van der Waals surface area contributed by atoms with Crippen molar-refractivity contribution in [2.75, 3.05) is 0 Å². The Hall–Kier alpha value is -5.66. The van der Waals surface area contributed by atoms with Crippen molar-refractivity contribution in [1.82, 2.24) is 0 Å². The second-order valence-corrected chi connectivity index (χ2v) is 11.0. The van der Waals surface area contributed by atoms with Crippen molar-refractivity contribution in [3.8, 4) is 33.4 Å². The minimum Gasteiger partial charge on any atom is -0.456 e. The van der Waals surface area contributed by atoms with Crippen LogP contribution in [0.1, 0.15) is 5.48 Å². The molecule has 0 aliphatic carbocycles. The molecule has 0 unspecified atom stereocenters. The molecule has 1 nitrogen and oxygen atoms in total. The minimum atomic E-state index is -0.241. The number of furan rings is 1. The van der Waals surface area contributed by atoms with Crippen molar-refractivity contribution in [3.63, 3.8) is 0 Å². The second kappa shape index (κ2) is 9.44. The first kappa shape index (κ1) is 20.3. The summed E-state index contributed by atoms with van der Waals surface area (Å²) in [5.74, 6) is 0. The van der Waals surface area contributed by atoms with Gasteiger partial charge in [0.15, 0.2) is 0 Å². The lowest BCUT2D eigenvalue weighted by molar-refractivity contribution is 0.669. The van der Waals surface area contributed by atoms with Crippen LogP contribution >= 0.6 is 0 Å². The van der Waals surface area contributed by atoms with Crippen LogP contribution in [-0.4, -0.2) is 0 Å². The van der Waals surface area contributed by atoms with Crippen molar-refractivity contribution in [3.05, 3.63) is 158 Å². The highest BCUT2D eigenvalue weighted by atomic mass is 16.3. The van der Waals surface area contributed by atoms with Crippen molar-refractivity contribution in [2.45, 2.75) is 0 Å². The average Bonchev–Trinajstić information content (AvgIpc) is 3.48. The van der Waals surface area contributed by atoms with E-state index in [1.807, 2.05) is 18.2 Å². The topological polar surface area (TPSA) is 13.1 Å². The van der Waals surface area contributed by atoms with Crippen LogP contribution in [0.4, 0.5) is 0 Å². The molecule has 0 radical (unpaired) electrons. The van der Waals surface area contributed by atoms with Gasteiger partial charge in [-0.2, -0.15) is 0 Å². The Morgan fingerprint density at radius 3 is 1.51 bits per heavy atom. The smallest absolute Gasteiger partial charge is 0.136 e. The van der Waals surface area contributed by atoms with Crippen LogP contribution < -0.4 is 0 Å². The van der Waals surface area contributed by atoms with Crippen LogP contribution in [0.25, 0.3) is 87.6 Å². The first-order valence-electron chi connectivity index (χ1n) is 16.4. The highest BCUT2D eigenvalue weighted by Gasteiger charge is 2.18. The highest BCUT2D eigenvalue weighted by molar-refractivity contribution is 6.22. The Morgan fingerprint density at radius 1 is 0.372 bits per heavy atom. The number of hydrogen-bond acceptors (Lipinski definition) is 1. The summed E-state index contributed by atoms with van der Waals surface area (Å²) >= 11 is 0. The van der Waals surface area contributed by atoms with Gasteiger partial charge in [-0.15, -0.1) is 0 Å². The summed E-state index contributed by atoms with van der Waals surface area (Å²) in [7, 11) is 0. The molecule has 9 rings (SSSR count). The molecule has 1 heterocycles. The molecule has 9 aromatic rings. The third-order valence-corrected chi connectivity index (χ3v) is 8.57. The molecule has 1 heteroatoms. The third kappa shape index (κ3) is 3.79. The number of rotatable bonds is 3. The van der Waals surface area contributed by atoms with Crippen LogP contribution in [0.5, 0.6) is 0 Å². The fourth-order valence-corrected chi connectivity index (χ4v) is 6.59. The van der Waals surface area contributed by atoms with E-state index in [2.05, 4.69) is 109 Å². The largest absolute Gasteiger partial charge is 0.456 e. The summed E-state index contributed by atoms with van der Waals surface area (Å²) in [5.41, 5.74) is 8.24. The lowest BCUT2D eigenvalue weighted by Crippen LogP contribution is -1.91. The van der Waals surface area contributed by atoms with E-state index < -0.39 is 0 Å². The van der Waals surface area contributed by atoms with Crippen molar-refractivity contribution < 1.29 is 9.90 Å². The number of hydrogen-bond donors (Lipinski definition) is 0. The molecule has 0 saturated heterocycles. The Bertz CT molecular complexity index is 2650. The van der Waals surface area contributed by atoms with E-state index in [1.54, 1.807) is 6.07 Å². The predicted molar refractivity (Wildman–Crippen MR) is 183 cm³/mol. The van der Waals surface area contributed by atoms with E-state index >= 15 is 0 Å². The van der Waals surface area contributed by atoms with Gasteiger partial charge in [0.1, 0.15) is 11.2 Å². The number of fused-ring (bicyclic) bond motifs is 6. The zero-order valence-electron chi connectivity index (χ0n) is 27.1. The lowest BCUT2D eigenvalue weighted by Gasteiger charge is -2.18. The summed E-state index contributed by atoms with van der Waals surface area (Å²) in [6.45, 7) is 0. The maximum Gasteiger partial charge on any atom is 0.136 e. The number of benzene rings is 8. The molecule has 0 saturated carbocycles. The van der Waals surface area contributed by atoms with E-state index in [0.717, 1.165) is 38.2 Å². The van der Waals surface area contributed by atoms with Crippen LogP contribution in [0.2, 0.25) is 0 Å². The van der Waals surface area contributed by atoms with Gasteiger partial charge in [-0.3, -0.25) is 0 Å². The maximum absolute atomic E-state index is 8.54. The molecule has 43 heavy (non-hydrogen) atoms. The SMILES string of the molecule is [2H]c1c([2H])c([2H])c2cc3c(cc2c1[2H])oc1ccc(-c2c4ccccc4c(-c4ccc(-c5ccccc5)cc4)c4ccccc24)cc13. The van der Waals surface area contributed by atoms with E-state index in [9.17, 15) is 0 Å². The first-order valence-corrected chi connectivity index (χ1v) is 14.4. The monoisotopic (exact) mass is 550 g/mol. The summed E-state index contributed by atoms with van der Waals surface area (Å²) in [6.07, 6.45) is 0. The van der Waals surface area contributed by atoms with Crippen LogP contribution in [0.3, 0.4) is 0 Å². The van der Waals surface area contributed by atoms with Gasteiger partial charge in [-0.1, -0.05) is 133 Å². The molecule has 0 N–H and O–H groups in total. The van der Waals surface area contributed by atoms with Gasteiger partial charge >= 0.3 is 0 Å². The standard InChI is InChI=1S/C42H26O/c1-2-10-27(11-3-1)28-18-20-29(21-19-28)41-33-14-6-8-16-35(33)42(36-17-9-7-15-34(36)41)32-22-23-39-37(25-32)38-24-30-12-4-5-13-31(30)26-40(38)43-39/h1-26H/i4D,5D,12D,13D.